The fourth-order valence-corrected chi connectivity index (χ4v) is 2.98. The molecule has 10 heteroatoms. The molecule has 0 aliphatic carbocycles. The highest BCUT2D eigenvalue weighted by Gasteiger charge is 2.19. The summed E-state index contributed by atoms with van der Waals surface area (Å²) in [6, 6.07) is 6.79. The van der Waals surface area contributed by atoms with Crippen LogP contribution in [0.25, 0.3) is 22.4 Å². The number of esters is 1. The first-order valence-electron chi connectivity index (χ1n) is 8.73. The molecule has 10 nitrogen and oxygen atoms in total. The predicted octanol–water partition coefficient (Wildman–Crippen LogP) is 1.62. The number of carbonyl (C=O) groups excluding carboxylic acids is 1. The van der Waals surface area contributed by atoms with Crippen LogP contribution in [0.5, 0.6) is 11.5 Å². The van der Waals surface area contributed by atoms with E-state index in [-0.39, 0.29) is 23.3 Å². The van der Waals surface area contributed by atoms with E-state index < -0.39 is 11.5 Å². The highest BCUT2D eigenvalue weighted by Crippen LogP contribution is 2.24. The number of hydrogen-bond acceptors (Lipinski definition) is 8. The Hall–Kier alpha value is -3.95. The van der Waals surface area contributed by atoms with Crippen molar-refractivity contribution in [3.05, 3.63) is 52.6 Å². The van der Waals surface area contributed by atoms with Gasteiger partial charge in [0.05, 0.1) is 32.7 Å². The van der Waals surface area contributed by atoms with Crippen molar-refractivity contribution in [1.29, 1.82) is 0 Å². The zero-order chi connectivity index (χ0) is 20.5. The summed E-state index contributed by atoms with van der Waals surface area (Å²) < 4.78 is 18.3. The lowest BCUT2D eigenvalue weighted by Gasteiger charge is -2.11. The highest BCUT2D eigenvalue weighted by atomic mass is 16.5. The van der Waals surface area contributed by atoms with Gasteiger partial charge in [0.2, 0.25) is 0 Å². The molecule has 29 heavy (non-hydrogen) atoms. The molecule has 0 atom stereocenters. The number of pyridine rings is 1. The third-order valence-corrected chi connectivity index (χ3v) is 4.37. The van der Waals surface area contributed by atoms with Crippen molar-refractivity contribution >= 4 is 22.6 Å². The van der Waals surface area contributed by atoms with Crippen LogP contribution in [0, 0.1) is 0 Å². The molecular weight excluding hydrogens is 378 g/mol. The molecule has 0 N–H and O–H groups in total. The Kier molecular flexibility index (Phi) is 4.59. The molecule has 0 bridgehead atoms. The smallest absolute Gasteiger partial charge is 0.343 e. The molecule has 0 amide bonds. The van der Waals surface area contributed by atoms with Gasteiger partial charge in [0.25, 0.3) is 5.56 Å². The van der Waals surface area contributed by atoms with Gasteiger partial charge in [-0.3, -0.25) is 9.36 Å². The monoisotopic (exact) mass is 395 g/mol. The number of methoxy groups -OCH3 is 2. The Morgan fingerprint density at radius 3 is 2.48 bits per heavy atom. The van der Waals surface area contributed by atoms with Gasteiger partial charge >= 0.3 is 5.97 Å². The second-order valence-electron chi connectivity index (χ2n) is 6.01. The molecule has 0 unspecified atom stereocenters. The zero-order valence-corrected chi connectivity index (χ0v) is 15.9. The van der Waals surface area contributed by atoms with E-state index in [0.717, 1.165) is 0 Å². The van der Waals surface area contributed by atoms with Crippen LogP contribution in [0.4, 0.5) is 0 Å². The maximum Gasteiger partial charge on any atom is 0.343 e. The minimum absolute atomic E-state index is 0.0975. The first-order valence-corrected chi connectivity index (χ1v) is 8.73. The Morgan fingerprint density at radius 2 is 1.83 bits per heavy atom. The molecule has 4 aromatic rings. The molecule has 1 aromatic carbocycles. The van der Waals surface area contributed by atoms with Gasteiger partial charge in [-0.1, -0.05) is 0 Å². The number of ether oxygens (including phenoxy) is 3. The average molecular weight is 395 g/mol. The molecule has 3 aromatic heterocycles. The number of rotatable bonds is 5. The lowest BCUT2D eigenvalue weighted by molar-refractivity contribution is 0.0528. The van der Waals surface area contributed by atoms with Crippen LogP contribution in [0.15, 0.2) is 41.5 Å². The SMILES string of the molecule is CCOC(=O)c1cnn2c1nnc1c(=O)n(-c3cc(OC)cc(OC)c3)ccc12. The number of nitrogens with zero attached hydrogens (tertiary/aromatic N) is 5. The quantitative estimate of drug-likeness (QED) is 0.469. The van der Waals surface area contributed by atoms with E-state index in [2.05, 4.69) is 15.3 Å². The second kappa shape index (κ2) is 7.23. The summed E-state index contributed by atoms with van der Waals surface area (Å²) in [5, 5.41) is 12.2. The van der Waals surface area contributed by atoms with Gasteiger partial charge in [-0.05, 0) is 13.0 Å². The van der Waals surface area contributed by atoms with Crippen LogP contribution in [0.2, 0.25) is 0 Å². The van der Waals surface area contributed by atoms with E-state index in [1.165, 1.54) is 29.5 Å². The molecule has 0 saturated heterocycles. The van der Waals surface area contributed by atoms with Crippen LogP contribution in [0.3, 0.4) is 0 Å². The third kappa shape index (κ3) is 3.04. The fourth-order valence-electron chi connectivity index (χ4n) is 2.98. The van der Waals surface area contributed by atoms with Crippen molar-refractivity contribution < 1.29 is 19.0 Å². The molecule has 0 aliphatic heterocycles. The van der Waals surface area contributed by atoms with Gasteiger partial charge in [-0.15, -0.1) is 10.2 Å². The van der Waals surface area contributed by atoms with Crippen LogP contribution < -0.4 is 15.0 Å². The molecule has 148 valence electrons. The lowest BCUT2D eigenvalue weighted by Crippen LogP contribution is -2.20. The molecule has 0 saturated carbocycles. The Bertz CT molecular complexity index is 1270. The average Bonchev–Trinajstić information content (AvgIpc) is 3.18. The molecule has 0 spiro atoms. The standard InChI is InChI=1S/C19H17N5O5/c1-4-29-19(26)14-10-20-24-15-5-6-23(18(25)16(15)21-22-17(14)24)11-7-12(27-2)9-13(8-11)28-3/h5-10H,4H2,1-3H3. The van der Waals surface area contributed by atoms with Crippen LogP contribution in [-0.2, 0) is 4.74 Å². The van der Waals surface area contributed by atoms with Crippen LogP contribution in [0.1, 0.15) is 17.3 Å². The van der Waals surface area contributed by atoms with E-state index in [4.69, 9.17) is 14.2 Å². The van der Waals surface area contributed by atoms with E-state index in [1.807, 2.05) is 0 Å². The molecule has 0 fully saturated rings. The van der Waals surface area contributed by atoms with Gasteiger partial charge in [0, 0.05) is 24.4 Å². The Morgan fingerprint density at radius 1 is 1.10 bits per heavy atom. The second-order valence-corrected chi connectivity index (χ2v) is 6.01. The van der Waals surface area contributed by atoms with Crippen LogP contribution >= 0.6 is 0 Å². The summed E-state index contributed by atoms with van der Waals surface area (Å²) in [6.07, 6.45) is 2.94. The predicted molar refractivity (Wildman–Crippen MR) is 103 cm³/mol. The molecular formula is C19H17N5O5. The van der Waals surface area contributed by atoms with Crippen molar-refractivity contribution in [2.75, 3.05) is 20.8 Å². The first kappa shape index (κ1) is 18.4. The summed E-state index contributed by atoms with van der Waals surface area (Å²) in [6.45, 7) is 1.94. The fraction of sp³-hybridized carbons (Fsp3) is 0.211. The van der Waals surface area contributed by atoms with Crippen molar-refractivity contribution in [2.45, 2.75) is 6.92 Å². The Balaban J connectivity index is 1.90. The van der Waals surface area contributed by atoms with E-state index in [1.54, 1.807) is 37.4 Å². The minimum Gasteiger partial charge on any atom is -0.497 e. The maximum absolute atomic E-state index is 13.1. The van der Waals surface area contributed by atoms with Crippen molar-refractivity contribution in [1.82, 2.24) is 24.4 Å². The van der Waals surface area contributed by atoms with Crippen molar-refractivity contribution in [3.8, 4) is 17.2 Å². The maximum atomic E-state index is 13.1. The number of carbonyl (C=O) groups is 1. The summed E-state index contributed by atoms with van der Waals surface area (Å²) in [5.74, 6) is 0.533. The van der Waals surface area contributed by atoms with Gasteiger partial charge in [0.15, 0.2) is 11.2 Å². The number of benzene rings is 1. The van der Waals surface area contributed by atoms with E-state index >= 15 is 0 Å². The minimum atomic E-state index is -0.548. The van der Waals surface area contributed by atoms with Gasteiger partial charge in [-0.25, -0.2) is 9.31 Å². The highest BCUT2D eigenvalue weighted by molar-refractivity contribution is 5.96. The topological polar surface area (TPSA) is 110 Å². The summed E-state index contributed by atoms with van der Waals surface area (Å²) in [7, 11) is 3.06. The van der Waals surface area contributed by atoms with E-state index in [9.17, 15) is 9.59 Å². The van der Waals surface area contributed by atoms with Gasteiger partial charge in [0.1, 0.15) is 22.6 Å². The van der Waals surface area contributed by atoms with Crippen molar-refractivity contribution in [3.63, 3.8) is 0 Å². The molecule has 0 aliphatic rings. The molecule has 4 rings (SSSR count). The number of aromatic nitrogens is 5. The van der Waals surface area contributed by atoms with Gasteiger partial charge in [-0.2, -0.15) is 5.10 Å². The Labute approximate surface area is 164 Å². The van der Waals surface area contributed by atoms with E-state index in [0.29, 0.717) is 22.7 Å². The summed E-state index contributed by atoms with van der Waals surface area (Å²) in [4.78, 5) is 25.1. The summed E-state index contributed by atoms with van der Waals surface area (Å²) in [5.41, 5.74) is 1.06. The third-order valence-electron chi connectivity index (χ3n) is 4.37. The number of hydrogen-bond donors (Lipinski definition) is 0. The first-order chi connectivity index (χ1) is 14.1. The summed E-state index contributed by atoms with van der Waals surface area (Å²) >= 11 is 0. The normalized spacial score (nSPS) is 11.0. The van der Waals surface area contributed by atoms with Gasteiger partial charge < -0.3 is 14.2 Å². The number of fused-ring (bicyclic) bond motifs is 3. The molecule has 0 radical (unpaired) electrons. The lowest BCUT2D eigenvalue weighted by atomic mass is 10.2. The van der Waals surface area contributed by atoms with Crippen LogP contribution in [-0.4, -0.2) is 51.2 Å². The largest absolute Gasteiger partial charge is 0.497 e. The molecule has 3 heterocycles. The zero-order valence-electron chi connectivity index (χ0n) is 15.9. The van der Waals surface area contributed by atoms with Crippen molar-refractivity contribution in [2.24, 2.45) is 0 Å².